The van der Waals surface area contributed by atoms with Gasteiger partial charge in [0.2, 0.25) is 0 Å². The highest BCUT2D eigenvalue weighted by Crippen LogP contribution is 2.43. The summed E-state index contributed by atoms with van der Waals surface area (Å²) in [6, 6.07) is 30.6. The summed E-state index contributed by atoms with van der Waals surface area (Å²) >= 11 is 9.76. The van der Waals surface area contributed by atoms with Gasteiger partial charge in [-0.1, -0.05) is 101 Å². The Balaban J connectivity index is 2.07. The maximum absolute atomic E-state index is 9.38. The summed E-state index contributed by atoms with van der Waals surface area (Å²) in [6.07, 6.45) is -1.92. The molecule has 0 saturated heterocycles. The first-order valence-corrected chi connectivity index (χ1v) is 11.8. The van der Waals surface area contributed by atoms with Crippen molar-refractivity contribution in [2.45, 2.75) is 12.5 Å². The Bertz CT molecular complexity index is 911. The molecule has 1 atom stereocenters. The zero-order valence-corrected chi connectivity index (χ0v) is 17.3. The van der Waals surface area contributed by atoms with Crippen LogP contribution in [-0.4, -0.2) is 0 Å². The molecule has 0 aliphatic carbocycles. The molecule has 0 aliphatic heterocycles. The Labute approximate surface area is 168 Å². The number of nitriles is 1. The zero-order valence-electron chi connectivity index (χ0n) is 14.0. The van der Waals surface area contributed by atoms with Gasteiger partial charge in [-0.3, -0.25) is 5.09 Å². The van der Waals surface area contributed by atoms with Gasteiger partial charge in [-0.25, -0.2) is 0 Å². The van der Waals surface area contributed by atoms with E-state index in [4.69, 9.17) is 11.8 Å². The van der Waals surface area contributed by atoms with Crippen molar-refractivity contribution >= 4 is 44.5 Å². The van der Waals surface area contributed by atoms with Crippen molar-refractivity contribution in [3.8, 4) is 6.07 Å². The van der Waals surface area contributed by atoms with Gasteiger partial charge in [0, 0.05) is 21.1 Å². The third-order valence-corrected chi connectivity index (χ3v) is 8.92. The largest absolute Gasteiger partial charge is 0.274 e. The Hall–Kier alpha value is -1.76. The van der Waals surface area contributed by atoms with Crippen LogP contribution in [0.4, 0.5) is 0 Å². The molecular formula is C21H18BrN2PS. The summed E-state index contributed by atoms with van der Waals surface area (Å²) in [4.78, 5) is 0. The fraction of sp³-hybridized carbons (Fsp3) is 0.0952. The van der Waals surface area contributed by atoms with Gasteiger partial charge in [0.1, 0.15) is 0 Å². The first kappa shape index (κ1) is 19.0. The van der Waals surface area contributed by atoms with Gasteiger partial charge in [-0.05, 0) is 17.7 Å². The van der Waals surface area contributed by atoms with Crippen LogP contribution in [0.1, 0.15) is 18.0 Å². The number of hydrogen-bond acceptors (Lipinski definition) is 2. The number of hydrogen-bond donors (Lipinski definition) is 1. The standard InChI is InChI=1S/C21H18BrN2PS/c22-18-9-7-8-17(16-18)21(14-15-23)24-25(26,19-10-3-1-4-11-19)20-12-5-2-6-13-20/h1-13,16,21H,14H2,(H,24,26)/t21-/m1/s1. The van der Waals surface area contributed by atoms with Crippen molar-refractivity contribution in [1.82, 2.24) is 5.09 Å². The van der Waals surface area contributed by atoms with Crippen LogP contribution in [0.3, 0.4) is 0 Å². The lowest BCUT2D eigenvalue weighted by Gasteiger charge is -2.29. The molecule has 0 unspecified atom stereocenters. The van der Waals surface area contributed by atoms with Gasteiger partial charge in [0.25, 0.3) is 0 Å². The van der Waals surface area contributed by atoms with Crippen LogP contribution in [-0.2, 0) is 11.8 Å². The van der Waals surface area contributed by atoms with Crippen molar-refractivity contribution in [1.29, 1.82) is 5.26 Å². The van der Waals surface area contributed by atoms with Crippen molar-refractivity contribution in [3.63, 3.8) is 0 Å². The lowest BCUT2D eigenvalue weighted by molar-refractivity contribution is 0.689. The zero-order chi connectivity index (χ0) is 18.4. The van der Waals surface area contributed by atoms with Crippen LogP contribution in [0.25, 0.3) is 0 Å². The van der Waals surface area contributed by atoms with E-state index in [0.29, 0.717) is 6.42 Å². The maximum Gasteiger partial charge on any atom is 0.0689 e. The maximum atomic E-state index is 9.38. The van der Waals surface area contributed by atoms with Crippen LogP contribution in [0.5, 0.6) is 0 Å². The predicted molar refractivity (Wildman–Crippen MR) is 117 cm³/mol. The third-order valence-electron chi connectivity index (χ3n) is 4.12. The molecule has 3 rings (SSSR count). The van der Waals surface area contributed by atoms with E-state index in [1.807, 2.05) is 60.7 Å². The SMILES string of the molecule is N#CC[C@@H](NP(=S)(c1ccccc1)c1ccccc1)c1cccc(Br)c1. The van der Waals surface area contributed by atoms with Crippen molar-refractivity contribution < 1.29 is 0 Å². The van der Waals surface area contributed by atoms with Gasteiger partial charge < -0.3 is 0 Å². The highest BCUT2D eigenvalue weighted by atomic mass is 79.9. The van der Waals surface area contributed by atoms with E-state index in [2.05, 4.69) is 51.4 Å². The molecule has 0 heterocycles. The van der Waals surface area contributed by atoms with Crippen LogP contribution >= 0.6 is 22.1 Å². The highest BCUT2D eigenvalue weighted by Gasteiger charge is 2.26. The minimum atomic E-state index is -2.27. The topological polar surface area (TPSA) is 35.8 Å². The molecule has 0 bridgehead atoms. The Morgan fingerprint density at radius 2 is 1.50 bits per heavy atom. The fourth-order valence-corrected chi connectivity index (χ4v) is 6.83. The number of nitrogens with one attached hydrogen (secondary N) is 1. The molecule has 3 aromatic carbocycles. The van der Waals surface area contributed by atoms with Crippen molar-refractivity contribution in [2.75, 3.05) is 0 Å². The average molecular weight is 441 g/mol. The minimum Gasteiger partial charge on any atom is -0.274 e. The Morgan fingerprint density at radius 1 is 0.923 bits per heavy atom. The molecule has 2 nitrogen and oxygen atoms in total. The van der Waals surface area contributed by atoms with E-state index in [-0.39, 0.29) is 6.04 Å². The van der Waals surface area contributed by atoms with E-state index in [1.54, 1.807) is 0 Å². The summed E-state index contributed by atoms with van der Waals surface area (Å²) in [5.41, 5.74) is 1.06. The molecule has 0 fully saturated rings. The lowest BCUT2D eigenvalue weighted by Crippen LogP contribution is -2.30. The molecule has 26 heavy (non-hydrogen) atoms. The van der Waals surface area contributed by atoms with E-state index in [1.165, 1.54) is 0 Å². The Kier molecular flexibility index (Phi) is 6.40. The minimum absolute atomic E-state index is 0.135. The second-order valence-electron chi connectivity index (χ2n) is 5.88. The van der Waals surface area contributed by atoms with Gasteiger partial charge in [0.05, 0.1) is 18.7 Å². The molecule has 0 aliphatic rings. The normalized spacial score (nSPS) is 12.3. The molecule has 0 saturated carbocycles. The smallest absolute Gasteiger partial charge is 0.0689 e. The molecule has 0 aromatic heterocycles. The number of halogens is 1. The summed E-state index contributed by atoms with van der Waals surface area (Å²) in [5.74, 6) is 0. The summed E-state index contributed by atoms with van der Waals surface area (Å²) in [7, 11) is 0. The van der Waals surface area contributed by atoms with Crippen LogP contribution in [0.15, 0.2) is 89.4 Å². The van der Waals surface area contributed by atoms with Gasteiger partial charge in [-0.2, -0.15) is 5.26 Å². The Morgan fingerprint density at radius 3 is 2.00 bits per heavy atom. The molecule has 0 radical (unpaired) electrons. The molecular weight excluding hydrogens is 423 g/mol. The average Bonchev–Trinajstić information content (AvgIpc) is 2.69. The fourth-order valence-electron chi connectivity index (χ4n) is 2.85. The van der Waals surface area contributed by atoms with Crippen LogP contribution < -0.4 is 15.7 Å². The van der Waals surface area contributed by atoms with Gasteiger partial charge in [-0.15, -0.1) is 0 Å². The van der Waals surface area contributed by atoms with E-state index >= 15 is 0 Å². The van der Waals surface area contributed by atoms with Gasteiger partial charge in [0.15, 0.2) is 0 Å². The third kappa shape index (κ3) is 4.31. The molecule has 0 spiro atoms. The van der Waals surface area contributed by atoms with E-state index in [0.717, 1.165) is 20.6 Å². The first-order valence-electron chi connectivity index (χ1n) is 8.25. The monoisotopic (exact) mass is 440 g/mol. The molecule has 0 amide bonds. The van der Waals surface area contributed by atoms with Crippen molar-refractivity contribution in [2.24, 2.45) is 0 Å². The second-order valence-corrected chi connectivity index (χ2v) is 10.9. The predicted octanol–water partition coefficient (Wildman–Crippen LogP) is 5.04. The second kappa shape index (κ2) is 8.75. The molecule has 3 aromatic rings. The summed E-state index contributed by atoms with van der Waals surface area (Å²) in [6.45, 7) is 0. The number of benzene rings is 3. The van der Waals surface area contributed by atoms with Crippen molar-refractivity contribution in [3.05, 3.63) is 95.0 Å². The summed E-state index contributed by atoms with van der Waals surface area (Å²) in [5, 5.41) is 15.3. The van der Waals surface area contributed by atoms with E-state index in [9.17, 15) is 5.26 Å². The highest BCUT2D eigenvalue weighted by molar-refractivity contribution is 9.10. The number of rotatable bonds is 6. The summed E-state index contributed by atoms with van der Waals surface area (Å²) < 4.78 is 0.993. The first-order chi connectivity index (χ1) is 12.6. The molecule has 5 heteroatoms. The van der Waals surface area contributed by atoms with Gasteiger partial charge >= 0.3 is 0 Å². The lowest BCUT2D eigenvalue weighted by atomic mass is 10.1. The van der Waals surface area contributed by atoms with E-state index < -0.39 is 6.19 Å². The molecule has 130 valence electrons. The quantitative estimate of drug-likeness (QED) is 0.545. The number of nitrogens with zero attached hydrogens (tertiary/aromatic N) is 1. The van der Waals surface area contributed by atoms with Crippen LogP contribution in [0.2, 0.25) is 0 Å². The van der Waals surface area contributed by atoms with Crippen LogP contribution in [0, 0.1) is 11.3 Å². The molecule has 1 N–H and O–H groups in total.